The third kappa shape index (κ3) is 11.8. The fraction of sp³-hybridized carbons (Fsp3) is 1.00. The van der Waals surface area contributed by atoms with Crippen LogP contribution in [0.4, 0.5) is 26.3 Å². The molecule has 0 radical (unpaired) electrons. The lowest BCUT2D eigenvalue weighted by Crippen LogP contribution is -2.35. The number of likely N-dealkylation sites (N-methyl/N-ethyl adjacent to an activating group) is 1. The van der Waals surface area contributed by atoms with E-state index in [0.29, 0.717) is 6.54 Å². The minimum atomic E-state index is -4.46. The van der Waals surface area contributed by atoms with E-state index in [1.165, 1.54) is 0 Å². The second-order valence-electron chi connectivity index (χ2n) is 3.54. The van der Waals surface area contributed by atoms with Crippen LogP contribution in [-0.4, -0.2) is 38.2 Å². The zero-order valence-electron chi connectivity index (χ0n) is 9.29. The lowest BCUT2D eigenvalue weighted by molar-refractivity contribution is -0.176. The Morgan fingerprint density at radius 1 is 1.06 bits per heavy atom. The van der Waals surface area contributed by atoms with Gasteiger partial charge in [-0.2, -0.15) is 26.3 Å². The highest BCUT2D eigenvalue weighted by Crippen LogP contribution is 2.22. The molecule has 104 valence electrons. The molecule has 0 aliphatic carbocycles. The minimum Gasteiger partial charge on any atom is -0.370 e. The molecule has 0 rings (SSSR count). The standard InChI is InChI=1S/C9H15F6NO/c1-2-16-7(3-4-8(10,11)12)5-17-6-9(13,14)15/h7,16H,2-6H2,1H3. The van der Waals surface area contributed by atoms with E-state index in [0.717, 1.165) is 0 Å². The van der Waals surface area contributed by atoms with E-state index in [4.69, 9.17) is 0 Å². The number of ether oxygens (including phenoxy) is 1. The molecule has 1 N–H and O–H groups in total. The number of halogens is 6. The maximum absolute atomic E-state index is 11.9. The van der Waals surface area contributed by atoms with Crippen LogP contribution >= 0.6 is 0 Å². The highest BCUT2D eigenvalue weighted by Gasteiger charge is 2.30. The van der Waals surface area contributed by atoms with Crippen molar-refractivity contribution in [2.45, 2.75) is 38.2 Å². The molecule has 0 aliphatic rings. The summed E-state index contributed by atoms with van der Waals surface area (Å²) in [7, 11) is 0. The van der Waals surface area contributed by atoms with E-state index in [2.05, 4.69) is 10.1 Å². The fourth-order valence-electron chi connectivity index (χ4n) is 1.19. The number of alkyl halides is 6. The van der Waals surface area contributed by atoms with E-state index >= 15 is 0 Å². The van der Waals surface area contributed by atoms with Crippen molar-refractivity contribution < 1.29 is 31.1 Å². The van der Waals surface area contributed by atoms with Gasteiger partial charge in [-0.3, -0.25) is 0 Å². The number of hydrogen-bond donors (Lipinski definition) is 1. The predicted molar refractivity (Wildman–Crippen MR) is 49.6 cm³/mol. The molecule has 0 bridgehead atoms. The van der Waals surface area contributed by atoms with Crippen molar-refractivity contribution >= 4 is 0 Å². The predicted octanol–water partition coefficient (Wildman–Crippen LogP) is 2.89. The summed E-state index contributed by atoms with van der Waals surface area (Å²) >= 11 is 0. The summed E-state index contributed by atoms with van der Waals surface area (Å²) in [6.45, 7) is 0.201. The third-order valence-electron chi connectivity index (χ3n) is 1.85. The van der Waals surface area contributed by atoms with E-state index in [1.807, 2.05) is 0 Å². The smallest absolute Gasteiger partial charge is 0.370 e. The normalized spacial score (nSPS) is 15.0. The Hall–Kier alpha value is -0.500. The van der Waals surface area contributed by atoms with E-state index in [-0.39, 0.29) is 13.0 Å². The van der Waals surface area contributed by atoms with Crippen LogP contribution in [0.2, 0.25) is 0 Å². The first-order valence-corrected chi connectivity index (χ1v) is 5.08. The van der Waals surface area contributed by atoms with Gasteiger partial charge in [0, 0.05) is 12.5 Å². The zero-order valence-corrected chi connectivity index (χ0v) is 9.29. The average Bonchev–Trinajstić information content (AvgIpc) is 2.11. The molecule has 0 aromatic carbocycles. The molecule has 0 amide bonds. The van der Waals surface area contributed by atoms with Gasteiger partial charge in [-0.25, -0.2) is 0 Å². The fourth-order valence-corrected chi connectivity index (χ4v) is 1.19. The van der Waals surface area contributed by atoms with Gasteiger partial charge in [-0.1, -0.05) is 6.92 Å². The van der Waals surface area contributed by atoms with Crippen LogP contribution in [0.3, 0.4) is 0 Å². The van der Waals surface area contributed by atoms with Crippen molar-refractivity contribution in [1.82, 2.24) is 5.32 Å². The molecular weight excluding hydrogens is 252 g/mol. The number of hydrogen-bond acceptors (Lipinski definition) is 2. The van der Waals surface area contributed by atoms with Gasteiger partial charge in [0.15, 0.2) is 0 Å². The summed E-state index contributed by atoms with van der Waals surface area (Å²) in [5.41, 5.74) is 0. The molecular formula is C9H15F6NO. The zero-order chi connectivity index (χ0) is 13.5. The molecule has 2 nitrogen and oxygen atoms in total. The van der Waals surface area contributed by atoms with Crippen molar-refractivity contribution in [2.75, 3.05) is 19.8 Å². The van der Waals surface area contributed by atoms with Gasteiger partial charge < -0.3 is 10.1 Å². The second kappa shape index (κ2) is 7.05. The van der Waals surface area contributed by atoms with Crippen molar-refractivity contribution in [3.05, 3.63) is 0 Å². The Kier molecular flexibility index (Phi) is 6.84. The number of rotatable bonds is 7. The first-order chi connectivity index (χ1) is 7.64. The Balaban J connectivity index is 3.90. The summed E-state index contributed by atoms with van der Waals surface area (Å²) in [5.74, 6) is 0. The second-order valence-corrected chi connectivity index (χ2v) is 3.54. The van der Waals surface area contributed by atoms with Crippen LogP contribution in [0.5, 0.6) is 0 Å². The molecule has 0 fully saturated rings. The molecule has 0 heterocycles. The van der Waals surface area contributed by atoms with Crippen molar-refractivity contribution in [2.24, 2.45) is 0 Å². The van der Waals surface area contributed by atoms with Gasteiger partial charge in [0.05, 0.1) is 6.61 Å². The molecule has 0 saturated heterocycles. The molecule has 1 atom stereocenters. The maximum atomic E-state index is 11.9. The largest absolute Gasteiger partial charge is 0.411 e. The van der Waals surface area contributed by atoms with Crippen molar-refractivity contribution in [3.63, 3.8) is 0 Å². The highest BCUT2D eigenvalue weighted by molar-refractivity contribution is 4.68. The Labute approximate surface area is 95.3 Å². The molecule has 0 saturated carbocycles. The number of nitrogens with one attached hydrogen (secondary N) is 1. The molecule has 0 spiro atoms. The van der Waals surface area contributed by atoms with Crippen LogP contribution in [0, 0.1) is 0 Å². The van der Waals surface area contributed by atoms with Gasteiger partial charge in [0.2, 0.25) is 0 Å². The van der Waals surface area contributed by atoms with Crippen molar-refractivity contribution in [1.29, 1.82) is 0 Å². The van der Waals surface area contributed by atoms with Crippen LogP contribution in [-0.2, 0) is 4.74 Å². The molecule has 17 heavy (non-hydrogen) atoms. The minimum absolute atomic E-state index is 0.296. The van der Waals surface area contributed by atoms with Gasteiger partial charge in [-0.15, -0.1) is 0 Å². The van der Waals surface area contributed by atoms with E-state index < -0.39 is 31.4 Å². The molecule has 0 aromatic heterocycles. The van der Waals surface area contributed by atoms with Crippen LogP contribution in [0.15, 0.2) is 0 Å². The Morgan fingerprint density at radius 2 is 1.65 bits per heavy atom. The van der Waals surface area contributed by atoms with Crippen LogP contribution < -0.4 is 5.32 Å². The molecule has 1 unspecified atom stereocenters. The molecule has 0 aliphatic heterocycles. The lowest BCUT2D eigenvalue weighted by atomic mass is 10.1. The summed E-state index contributed by atoms with van der Waals surface area (Å²) in [6, 6.07) is -0.719. The first kappa shape index (κ1) is 16.5. The van der Waals surface area contributed by atoms with Crippen LogP contribution in [0.25, 0.3) is 0 Å². The molecule has 0 aromatic rings. The van der Waals surface area contributed by atoms with Gasteiger partial charge in [0.1, 0.15) is 6.61 Å². The maximum Gasteiger partial charge on any atom is 0.411 e. The first-order valence-electron chi connectivity index (χ1n) is 5.08. The SMILES string of the molecule is CCNC(CCC(F)(F)F)COCC(F)(F)F. The Morgan fingerprint density at radius 3 is 2.06 bits per heavy atom. The Bertz CT molecular complexity index is 203. The quantitative estimate of drug-likeness (QED) is 0.716. The third-order valence-corrected chi connectivity index (χ3v) is 1.85. The van der Waals surface area contributed by atoms with Crippen LogP contribution in [0.1, 0.15) is 19.8 Å². The van der Waals surface area contributed by atoms with Gasteiger partial charge in [-0.05, 0) is 13.0 Å². The molecule has 8 heteroatoms. The summed E-state index contributed by atoms with van der Waals surface area (Å²) < 4.78 is 75.3. The highest BCUT2D eigenvalue weighted by atomic mass is 19.4. The van der Waals surface area contributed by atoms with E-state index in [9.17, 15) is 26.3 Å². The monoisotopic (exact) mass is 267 g/mol. The summed E-state index contributed by atoms with van der Waals surface area (Å²) in [4.78, 5) is 0. The topological polar surface area (TPSA) is 21.3 Å². The average molecular weight is 267 g/mol. The summed E-state index contributed by atoms with van der Waals surface area (Å²) in [5, 5.41) is 2.65. The lowest BCUT2D eigenvalue weighted by Gasteiger charge is -2.19. The summed E-state index contributed by atoms with van der Waals surface area (Å²) in [6.07, 6.45) is -10.1. The van der Waals surface area contributed by atoms with Gasteiger partial charge in [0.25, 0.3) is 0 Å². The van der Waals surface area contributed by atoms with Crippen molar-refractivity contribution in [3.8, 4) is 0 Å². The van der Waals surface area contributed by atoms with Gasteiger partial charge >= 0.3 is 12.4 Å². The van der Waals surface area contributed by atoms with E-state index in [1.54, 1.807) is 6.92 Å².